The normalized spacial score (nSPS) is 11.9. The number of hydrogen-bond acceptors (Lipinski definition) is 2. The molecule has 0 radical (unpaired) electrons. The van der Waals surface area contributed by atoms with Crippen LogP contribution in [-0.4, -0.2) is 26.8 Å². The number of para-hydroxylation sites is 2. The Bertz CT molecular complexity index is 589. The van der Waals surface area contributed by atoms with Crippen molar-refractivity contribution in [2.24, 2.45) is 0 Å². The summed E-state index contributed by atoms with van der Waals surface area (Å²) in [6.45, 7) is -0.536. The molecule has 0 saturated carbocycles. The maximum atomic E-state index is 12.4. The van der Waals surface area contributed by atoms with Crippen LogP contribution in [0.2, 0.25) is 0 Å². The van der Waals surface area contributed by atoms with Crippen LogP contribution in [0.15, 0.2) is 24.3 Å². The number of carboxylic acids is 1. The van der Waals surface area contributed by atoms with Crippen molar-refractivity contribution < 1.29 is 23.1 Å². The average molecular weight is 258 g/mol. The third-order valence-corrected chi connectivity index (χ3v) is 2.39. The van der Waals surface area contributed by atoms with Crippen LogP contribution in [0.25, 0.3) is 11.0 Å². The molecule has 1 aromatic heterocycles. The van der Waals surface area contributed by atoms with Gasteiger partial charge in [0, 0.05) is 0 Å². The van der Waals surface area contributed by atoms with Crippen LogP contribution in [-0.2, 0) is 17.8 Å². The van der Waals surface area contributed by atoms with Crippen LogP contribution >= 0.6 is 0 Å². The lowest BCUT2D eigenvalue weighted by atomic mass is 10.3. The van der Waals surface area contributed by atoms with Gasteiger partial charge in [-0.15, -0.1) is 0 Å². The SMILES string of the molecule is O=C(O)Cn1c(CC(F)(F)F)nc2ccccc21. The van der Waals surface area contributed by atoms with Crippen LogP contribution in [0, 0.1) is 0 Å². The molecule has 0 bridgehead atoms. The third kappa shape index (κ3) is 2.61. The minimum Gasteiger partial charge on any atom is -0.480 e. The zero-order chi connectivity index (χ0) is 13.3. The van der Waals surface area contributed by atoms with Crippen molar-refractivity contribution in [1.29, 1.82) is 0 Å². The summed E-state index contributed by atoms with van der Waals surface area (Å²) < 4.78 is 38.2. The lowest BCUT2D eigenvalue weighted by Gasteiger charge is -2.08. The summed E-state index contributed by atoms with van der Waals surface area (Å²) in [5.41, 5.74) is 0.747. The van der Waals surface area contributed by atoms with E-state index in [1.807, 2.05) is 0 Å². The predicted octanol–water partition coefficient (Wildman–Crippen LogP) is 2.23. The van der Waals surface area contributed by atoms with Crippen molar-refractivity contribution in [1.82, 2.24) is 9.55 Å². The van der Waals surface area contributed by atoms with E-state index in [-0.39, 0.29) is 5.82 Å². The average Bonchev–Trinajstić information content (AvgIpc) is 2.54. The van der Waals surface area contributed by atoms with Gasteiger partial charge in [0.2, 0.25) is 0 Å². The Morgan fingerprint density at radius 2 is 2.00 bits per heavy atom. The fourth-order valence-corrected chi connectivity index (χ4v) is 1.75. The molecule has 0 saturated heterocycles. The van der Waals surface area contributed by atoms with E-state index < -0.39 is 25.1 Å². The maximum absolute atomic E-state index is 12.4. The quantitative estimate of drug-likeness (QED) is 0.918. The van der Waals surface area contributed by atoms with E-state index in [1.165, 1.54) is 0 Å². The lowest BCUT2D eigenvalue weighted by molar-refractivity contribution is -0.138. The highest BCUT2D eigenvalue weighted by Gasteiger charge is 2.31. The number of imidazole rings is 1. The molecule has 1 heterocycles. The molecule has 96 valence electrons. The molecule has 0 fully saturated rings. The Balaban J connectivity index is 2.53. The summed E-state index contributed by atoms with van der Waals surface area (Å²) in [6.07, 6.45) is -5.66. The van der Waals surface area contributed by atoms with Crippen LogP contribution in [0.5, 0.6) is 0 Å². The summed E-state index contributed by atoms with van der Waals surface area (Å²) in [4.78, 5) is 14.5. The predicted molar refractivity (Wildman–Crippen MR) is 57.1 cm³/mol. The van der Waals surface area contributed by atoms with Crippen molar-refractivity contribution in [3.05, 3.63) is 30.1 Å². The first-order valence-electron chi connectivity index (χ1n) is 5.09. The van der Waals surface area contributed by atoms with Gasteiger partial charge in [0.1, 0.15) is 18.8 Å². The van der Waals surface area contributed by atoms with Gasteiger partial charge in [0.25, 0.3) is 0 Å². The Labute approximate surface area is 99.7 Å². The minimum atomic E-state index is -4.42. The van der Waals surface area contributed by atoms with Gasteiger partial charge in [0.15, 0.2) is 0 Å². The van der Waals surface area contributed by atoms with Crippen molar-refractivity contribution in [3.63, 3.8) is 0 Å². The van der Waals surface area contributed by atoms with E-state index in [2.05, 4.69) is 4.98 Å². The van der Waals surface area contributed by atoms with Crippen molar-refractivity contribution in [3.8, 4) is 0 Å². The standard InChI is InChI=1S/C11H9F3N2O2/c12-11(13,14)5-9-15-7-3-1-2-4-8(7)16(9)6-10(17)18/h1-4H,5-6H2,(H,17,18). The van der Waals surface area contributed by atoms with Gasteiger partial charge in [-0.3, -0.25) is 4.79 Å². The molecule has 1 N–H and O–H groups in total. The number of halogens is 3. The maximum Gasteiger partial charge on any atom is 0.396 e. The number of carbonyl (C=O) groups is 1. The topological polar surface area (TPSA) is 55.1 Å². The molecule has 0 amide bonds. The van der Waals surface area contributed by atoms with E-state index in [4.69, 9.17) is 5.11 Å². The Hall–Kier alpha value is -2.05. The summed E-state index contributed by atoms with van der Waals surface area (Å²) in [5, 5.41) is 8.74. The van der Waals surface area contributed by atoms with Gasteiger partial charge >= 0.3 is 12.1 Å². The number of rotatable bonds is 3. The molecular formula is C11H9F3N2O2. The molecule has 0 spiro atoms. The largest absolute Gasteiger partial charge is 0.480 e. The molecule has 0 atom stereocenters. The number of benzene rings is 1. The summed E-state index contributed by atoms with van der Waals surface area (Å²) in [6, 6.07) is 6.36. The fraction of sp³-hybridized carbons (Fsp3) is 0.273. The molecule has 0 aliphatic carbocycles. The van der Waals surface area contributed by atoms with Crippen LogP contribution in [0.4, 0.5) is 13.2 Å². The second-order valence-electron chi connectivity index (χ2n) is 3.79. The van der Waals surface area contributed by atoms with Gasteiger partial charge in [-0.2, -0.15) is 13.2 Å². The first-order valence-corrected chi connectivity index (χ1v) is 5.09. The highest BCUT2D eigenvalue weighted by Crippen LogP contribution is 2.24. The van der Waals surface area contributed by atoms with Gasteiger partial charge in [-0.25, -0.2) is 4.98 Å². The highest BCUT2D eigenvalue weighted by molar-refractivity contribution is 5.78. The number of aliphatic carboxylic acids is 1. The van der Waals surface area contributed by atoms with Crippen LogP contribution < -0.4 is 0 Å². The van der Waals surface area contributed by atoms with Crippen molar-refractivity contribution in [2.45, 2.75) is 19.1 Å². The van der Waals surface area contributed by atoms with E-state index in [0.29, 0.717) is 11.0 Å². The molecule has 7 heteroatoms. The van der Waals surface area contributed by atoms with Gasteiger partial charge in [-0.05, 0) is 12.1 Å². The van der Waals surface area contributed by atoms with Crippen molar-refractivity contribution >= 4 is 17.0 Å². The smallest absolute Gasteiger partial charge is 0.396 e. The van der Waals surface area contributed by atoms with E-state index in [0.717, 1.165) is 4.57 Å². The molecule has 18 heavy (non-hydrogen) atoms. The van der Waals surface area contributed by atoms with Crippen LogP contribution in [0.3, 0.4) is 0 Å². The minimum absolute atomic E-state index is 0.286. The number of hydrogen-bond donors (Lipinski definition) is 1. The van der Waals surface area contributed by atoms with E-state index >= 15 is 0 Å². The summed E-state index contributed by atoms with van der Waals surface area (Å²) in [7, 11) is 0. The Kier molecular flexibility index (Phi) is 2.98. The highest BCUT2D eigenvalue weighted by atomic mass is 19.4. The first kappa shape index (κ1) is 12.4. The van der Waals surface area contributed by atoms with Gasteiger partial charge in [-0.1, -0.05) is 12.1 Å². The second kappa shape index (κ2) is 4.32. The summed E-state index contributed by atoms with van der Waals surface area (Å²) >= 11 is 0. The Morgan fingerprint density at radius 3 is 2.61 bits per heavy atom. The van der Waals surface area contributed by atoms with E-state index in [9.17, 15) is 18.0 Å². The van der Waals surface area contributed by atoms with E-state index in [1.54, 1.807) is 24.3 Å². The number of nitrogens with zero attached hydrogens (tertiary/aromatic N) is 2. The second-order valence-corrected chi connectivity index (χ2v) is 3.79. The first-order chi connectivity index (χ1) is 8.37. The number of fused-ring (bicyclic) bond motifs is 1. The molecule has 4 nitrogen and oxygen atoms in total. The fourth-order valence-electron chi connectivity index (χ4n) is 1.75. The molecule has 0 aliphatic rings. The molecule has 0 unspecified atom stereocenters. The zero-order valence-electron chi connectivity index (χ0n) is 9.11. The number of aromatic nitrogens is 2. The number of alkyl halides is 3. The molecule has 1 aromatic carbocycles. The number of carboxylic acid groups (broad SMARTS) is 1. The molecule has 2 aromatic rings. The molecule has 2 rings (SSSR count). The van der Waals surface area contributed by atoms with Crippen LogP contribution in [0.1, 0.15) is 5.82 Å². The zero-order valence-corrected chi connectivity index (χ0v) is 9.11. The summed E-state index contributed by atoms with van der Waals surface area (Å²) in [5.74, 6) is -1.49. The monoisotopic (exact) mass is 258 g/mol. The third-order valence-electron chi connectivity index (χ3n) is 2.39. The Morgan fingerprint density at radius 1 is 1.33 bits per heavy atom. The van der Waals surface area contributed by atoms with Crippen molar-refractivity contribution in [2.75, 3.05) is 0 Å². The van der Waals surface area contributed by atoms with Gasteiger partial charge < -0.3 is 9.67 Å². The molecular weight excluding hydrogens is 249 g/mol. The lowest BCUT2D eigenvalue weighted by Crippen LogP contribution is -2.18. The van der Waals surface area contributed by atoms with Gasteiger partial charge in [0.05, 0.1) is 11.0 Å². The molecule has 0 aliphatic heterocycles.